The smallest absolute Gasteiger partial charge is 0.281 e. The zero-order chi connectivity index (χ0) is 20.0. The molecule has 0 bridgehead atoms. The monoisotopic (exact) mass is 375 g/mol. The minimum absolute atomic E-state index is 0.0770. The van der Waals surface area contributed by atoms with Crippen LogP contribution in [-0.2, 0) is 4.79 Å². The van der Waals surface area contributed by atoms with Crippen molar-refractivity contribution in [1.82, 2.24) is 19.2 Å². The molecule has 1 aliphatic rings. The number of imidazole rings is 1. The first kappa shape index (κ1) is 17.5. The number of aliphatic imine (C=N–C) groups is 2. The fourth-order valence-electron chi connectivity index (χ4n) is 2.95. The summed E-state index contributed by atoms with van der Waals surface area (Å²) in [5, 5.41) is 7.13. The third-order valence-electron chi connectivity index (χ3n) is 4.35. The summed E-state index contributed by atoms with van der Waals surface area (Å²) in [7, 11) is 0. The van der Waals surface area contributed by atoms with Crippen LogP contribution in [0, 0.1) is 13.8 Å². The fraction of sp³-hybridized carbons (Fsp3) is 0.158. The number of hydrogen-bond donors (Lipinski definition) is 1. The Morgan fingerprint density at radius 3 is 2.71 bits per heavy atom. The molecule has 0 saturated carbocycles. The fourth-order valence-corrected chi connectivity index (χ4v) is 2.95. The van der Waals surface area contributed by atoms with Crippen LogP contribution in [0.25, 0.3) is 5.65 Å². The highest BCUT2D eigenvalue weighted by atomic mass is 16.2. The van der Waals surface area contributed by atoms with Gasteiger partial charge in [0.15, 0.2) is 0 Å². The highest BCUT2D eigenvalue weighted by Crippen LogP contribution is 2.18. The molecule has 1 aliphatic heterocycles. The number of nitrogens with zero attached hydrogens (tertiary/aromatic N) is 6. The van der Waals surface area contributed by atoms with Gasteiger partial charge < -0.3 is 5.32 Å². The Bertz CT molecular complexity index is 1230. The lowest BCUT2D eigenvalue weighted by Crippen LogP contribution is -2.25. The van der Waals surface area contributed by atoms with Gasteiger partial charge >= 0.3 is 0 Å². The number of pyridine rings is 1. The van der Waals surface area contributed by atoms with Gasteiger partial charge in [0.2, 0.25) is 0 Å². The third kappa shape index (κ3) is 2.82. The van der Waals surface area contributed by atoms with Gasteiger partial charge in [0.05, 0.1) is 22.7 Å². The standard InChI is InChI=1S/C19H17N7O2/c1-10-9-15(26(24-10)19-21-12(3)11(2)17(27)23-19)22-18(28)16-13(4)20-14-7-5-6-8-25(14)16/h5-9H,2H2,1,3-4H3,(H,22,28). The molecule has 140 valence electrons. The average Bonchev–Trinajstić information content (AvgIpc) is 3.17. The van der Waals surface area contributed by atoms with Crippen molar-refractivity contribution < 1.29 is 9.59 Å². The zero-order valence-electron chi connectivity index (χ0n) is 15.6. The second-order valence-electron chi connectivity index (χ2n) is 6.40. The first-order chi connectivity index (χ1) is 13.3. The lowest BCUT2D eigenvalue weighted by Gasteiger charge is -2.12. The largest absolute Gasteiger partial charge is 0.305 e. The summed E-state index contributed by atoms with van der Waals surface area (Å²) in [6.07, 6.45) is 1.77. The van der Waals surface area contributed by atoms with Gasteiger partial charge in [0.25, 0.3) is 17.8 Å². The maximum absolute atomic E-state index is 13.0. The van der Waals surface area contributed by atoms with Crippen LogP contribution in [0.15, 0.2) is 52.6 Å². The first-order valence-corrected chi connectivity index (χ1v) is 8.55. The molecular formula is C19H17N7O2. The van der Waals surface area contributed by atoms with Crippen molar-refractivity contribution in [2.45, 2.75) is 20.8 Å². The molecule has 4 rings (SSSR count). The van der Waals surface area contributed by atoms with Crippen LogP contribution in [-0.4, -0.2) is 42.7 Å². The lowest BCUT2D eigenvalue weighted by molar-refractivity contribution is -0.113. The molecule has 0 unspecified atom stereocenters. The number of carbonyl (C=O) groups excluding carboxylic acids is 2. The molecule has 3 aromatic heterocycles. The summed E-state index contributed by atoms with van der Waals surface area (Å²) in [5.74, 6) is -0.410. The normalized spacial score (nSPS) is 14.2. The molecule has 3 aromatic rings. The number of amides is 2. The summed E-state index contributed by atoms with van der Waals surface area (Å²) >= 11 is 0. The van der Waals surface area contributed by atoms with Gasteiger partial charge in [-0.3, -0.25) is 14.0 Å². The minimum Gasteiger partial charge on any atom is -0.305 e. The van der Waals surface area contributed by atoms with E-state index in [1.165, 1.54) is 4.68 Å². The number of hydrogen-bond acceptors (Lipinski definition) is 5. The van der Waals surface area contributed by atoms with Crippen LogP contribution >= 0.6 is 0 Å². The van der Waals surface area contributed by atoms with E-state index in [0.29, 0.717) is 34.3 Å². The maximum atomic E-state index is 13.0. The van der Waals surface area contributed by atoms with E-state index in [1.807, 2.05) is 18.2 Å². The predicted octanol–water partition coefficient (Wildman–Crippen LogP) is 2.16. The van der Waals surface area contributed by atoms with E-state index in [0.717, 1.165) is 0 Å². The summed E-state index contributed by atoms with van der Waals surface area (Å²) in [6.45, 7) is 8.87. The summed E-state index contributed by atoms with van der Waals surface area (Å²) in [6, 6.07) is 7.18. The Morgan fingerprint density at radius 1 is 1.18 bits per heavy atom. The van der Waals surface area contributed by atoms with E-state index in [9.17, 15) is 9.59 Å². The van der Waals surface area contributed by atoms with Crippen molar-refractivity contribution in [3.05, 3.63) is 59.7 Å². The van der Waals surface area contributed by atoms with Gasteiger partial charge in [0.1, 0.15) is 17.2 Å². The zero-order valence-corrected chi connectivity index (χ0v) is 15.6. The van der Waals surface area contributed by atoms with Crippen LogP contribution < -0.4 is 5.32 Å². The number of nitrogens with one attached hydrogen (secondary N) is 1. The van der Waals surface area contributed by atoms with Crippen LogP contribution in [0.5, 0.6) is 0 Å². The number of aromatic nitrogens is 4. The molecule has 1 N–H and O–H groups in total. The second kappa shape index (κ2) is 6.38. The molecule has 0 atom stereocenters. The van der Waals surface area contributed by atoms with Gasteiger partial charge in [0, 0.05) is 12.3 Å². The molecule has 4 heterocycles. The molecule has 0 spiro atoms. The highest BCUT2D eigenvalue weighted by molar-refractivity contribution is 6.28. The van der Waals surface area contributed by atoms with Crippen LogP contribution in [0.4, 0.5) is 5.82 Å². The highest BCUT2D eigenvalue weighted by Gasteiger charge is 2.23. The van der Waals surface area contributed by atoms with Crippen molar-refractivity contribution in [3.8, 4) is 0 Å². The molecule has 0 saturated heterocycles. The SMILES string of the molecule is C=C1C(=O)N=C(n2nc(C)cc2NC(=O)c2c(C)nc3ccccn23)N=C1C. The van der Waals surface area contributed by atoms with Crippen LogP contribution in [0.2, 0.25) is 0 Å². The Hall–Kier alpha value is -3.88. The molecule has 9 heteroatoms. The van der Waals surface area contributed by atoms with E-state index < -0.39 is 5.91 Å². The van der Waals surface area contributed by atoms with Crippen molar-refractivity contribution in [1.29, 1.82) is 0 Å². The van der Waals surface area contributed by atoms with Crippen LogP contribution in [0.3, 0.4) is 0 Å². The van der Waals surface area contributed by atoms with Gasteiger partial charge in [-0.25, -0.2) is 9.98 Å². The Balaban J connectivity index is 1.73. The minimum atomic E-state index is -0.481. The van der Waals surface area contributed by atoms with E-state index in [4.69, 9.17) is 0 Å². The van der Waals surface area contributed by atoms with Gasteiger partial charge in [-0.1, -0.05) is 12.6 Å². The second-order valence-corrected chi connectivity index (χ2v) is 6.40. The molecule has 0 aromatic carbocycles. The number of aryl methyl sites for hydroxylation is 2. The van der Waals surface area contributed by atoms with E-state index in [1.54, 1.807) is 37.4 Å². The first-order valence-electron chi connectivity index (χ1n) is 8.55. The molecule has 0 aliphatic carbocycles. The van der Waals surface area contributed by atoms with Gasteiger partial charge in [-0.05, 0) is 32.9 Å². The Kier molecular flexibility index (Phi) is 3.99. The maximum Gasteiger partial charge on any atom is 0.281 e. The number of anilines is 1. The molecule has 28 heavy (non-hydrogen) atoms. The molecule has 0 fully saturated rings. The van der Waals surface area contributed by atoms with Crippen LogP contribution in [0.1, 0.15) is 28.8 Å². The topological polar surface area (TPSA) is 106 Å². The molecule has 0 radical (unpaired) electrons. The molecule has 2 amide bonds. The van der Waals surface area contributed by atoms with Crippen molar-refractivity contribution >= 4 is 35.0 Å². The van der Waals surface area contributed by atoms with E-state index >= 15 is 0 Å². The Labute approximate surface area is 160 Å². The number of fused-ring (bicyclic) bond motifs is 1. The van der Waals surface area contributed by atoms with E-state index in [2.05, 4.69) is 32.0 Å². The molecule has 9 nitrogen and oxygen atoms in total. The number of carbonyl (C=O) groups is 2. The summed E-state index contributed by atoms with van der Waals surface area (Å²) < 4.78 is 3.05. The van der Waals surface area contributed by atoms with Crippen molar-refractivity contribution in [2.24, 2.45) is 9.98 Å². The summed E-state index contributed by atoms with van der Waals surface area (Å²) in [5.41, 5.74) is 3.02. The average molecular weight is 375 g/mol. The van der Waals surface area contributed by atoms with Gasteiger partial charge in [-0.15, -0.1) is 0 Å². The van der Waals surface area contributed by atoms with Crippen molar-refractivity contribution in [2.75, 3.05) is 5.32 Å². The Morgan fingerprint density at radius 2 is 1.96 bits per heavy atom. The lowest BCUT2D eigenvalue weighted by atomic mass is 10.2. The third-order valence-corrected chi connectivity index (χ3v) is 4.35. The quantitative estimate of drug-likeness (QED) is 0.693. The number of rotatable bonds is 2. The predicted molar refractivity (Wildman–Crippen MR) is 105 cm³/mol. The summed E-state index contributed by atoms with van der Waals surface area (Å²) in [4.78, 5) is 37.6. The van der Waals surface area contributed by atoms with E-state index in [-0.39, 0.29) is 17.4 Å². The van der Waals surface area contributed by atoms with Crippen molar-refractivity contribution in [3.63, 3.8) is 0 Å². The van der Waals surface area contributed by atoms with Gasteiger partial charge in [-0.2, -0.15) is 14.8 Å². The molecular weight excluding hydrogens is 358 g/mol.